The first-order valence-electron chi connectivity index (χ1n) is 6.20. The predicted molar refractivity (Wildman–Crippen MR) is 82.5 cm³/mol. The van der Waals surface area contributed by atoms with Crippen molar-refractivity contribution in [2.24, 2.45) is 0 Å². The SMILES string of the molecule is Cc1ccc(NC(c2ccco2)c2ccc(Cl)s2)cn1. The minimum absolute atomic E-state index is 0.0630. The number of nitrogens with one attached hydrogen (secondary N) is 1. The lowest BCUT2D eigenvalue weighted by Gasteiger charge is -2.16. The van der Waals surface area contributed by atoms with Crippen LogP contribution in [0.15, 0.2) is 53.3 Å². The summed E-state index contributed by atoms with van der Waals surface area (Å²) in [6.45, 7) is 1.97. The molecule has 0 amide bonds. The fourth-order valence-electron chi connectivity index (χ4n) is 1.94. The highest BCUT2D eigenvalue weighted by molar-refractivity contribution is 7.16. The first-order valence-corrected chi connectivity index (χ1v) is 7.39. The van der Waals surface area contributed by atoms with Crippen molar-refractivity contribution in [3.63, 3.8) is 0 Å². The first kappa shape index (κ1) is 13.2. The molecule has 102 valence electrons. The normalized spacial score (nSPS) is 12.3. The molecular weight excluding hydrogens is 292 g/mol. The van der Waals surface area contributed by atoms with E-state index in [4.69, 9.17) is 16.0 Å². The fourth-order valence-corrected chi connectivity index (χ4v) is 3.06. The minimum Gasteiger partial charge on any atom is -0.467 e. The average Bonchev–Trinajstić information content (AvgIpc) is 3.09. The van der Waals surface area contributed by atoms with Crippen LogP contribution in [0.2, 0.25) is 4.34 Å². The summed E-state index contributed by atoms with van der Waals surface area (Å²) >= 11 is 7.58. The Hall–Kier alpha value is -1.78. The van der Waals surface area contributed by atoms with Gasteiger partial charge >= 0.3 is 0 Å². The fraction of sp³-hybridized carbons (Fsp3) is 0.133. The standard InChI is InChI=1S/C15H13ClN2OS/c1-10-4-5-11(9-17-10)18-15(12-3-2-8-19-12)13-6-7-14(16)20-13/h2-9,15,18H,1H3. The number of thiophene rings is 1. The van der Waals surface area contributed by atoms with E-state index in [1.54, 1.807) is 6.26 Å². The monoisotopic (exact) mass is 304 g/mol. The summed E-state index contributed by atoms with van der Waals surface area (Å²) < 4.78 is 6.30. The van der Waals surface area contributed by atoms with E-state index in [9.17, 15) is 0 Å². The molecule has 0 aromatic carbocycles. The van der Waals surface area contributed by atoms with Gasteiger partial charge in [0.2, 0.25) is 0 Å². The molecule has 0 fully saturated rings. The quantitative estimate of drug-likeness (QED) is 0.745. The lowest BCUT2D eigenvalue weighted by molar-refractivity contribution is 0.500. The van der Waals surface area contributed by atoms with Crippen LogP contribution in [0.1, 0.15) is 22.4 Å². The molecule has 0 aliphatic rings. The Labute approximate surface area is 126 Å². The molecule has 3 aromatic rings. The predicted octanol–water partition coefficient (Wildman–Crippen LogP) is 4.90. The van der Waals surface area contributed by atoms with Gasteiger partial charge in [0.1, 0.15) is 11.8 Å². The van der Waals surface area contributed by atoms with Crippen LogP contribution in [-0.4, -0.2) is 4.98 Å². The second kappa shape index (κ2) is 5.69. The minimum atomic E-state index is -0.0630. The number of pyridine rings is 1. The second-order valence-electron chi connectivity index (χ2n) is 4.42. The van der Waals surface area contributed by atoms with Gasteiger partial charge < -0.3 is 9.73 Å². The summed E-state index contributed by atoms with van der Waals surface area (Å²) in [6, 6.07) is 11.7. The Kier molecular flexibility index (Phi) is 3.76. The van der Waals surface area contributed by atoms with Crippen LogP contribution in [0.4, 0.5) is 5.69 Å². The molecule has 20 heavy (non-hydrogen) atoms. The van der Waals surface area contributed by atoms with Gasteiger partial charge in [0.25, 0.3) is 0 Å². The maximum Gasteiger partial charge on any atom is 0.131 e. The van der Waals surface area contributed by atoms with Gasteiger partial charge in [-0.3, -0.25) is 4.98 Å². The Balaban J connectivity index is 1.92. The molecule has 0 radical (unpaired) electrons. The van der Waals surface area contributed by atoms with Crippen LogP contribution in [-0.2, 0) is 0 Å². The summed E-state index contributed by atoms with van der Waals surface area (Å²) in [5.41, 5.74) is 1.94. The van der Waals surface area contributed by atoms with Crippen molar-refractivity contribution >= 4 is 28.6 Å². The van der Waals surface area contributed by atoms with E-state index in [1.807, 2.05) is 49.5 Å². The van der Waals surface area contributed by atoms with Crippen LogP contribution in [0, 0.1) is 6.92 Å². The topological polar surface area (TPSA) is 38.1 Å². The van der Waals surface area contributed by atoms with Crippen molar-refractivity contribution < 1.29 is 4.42 Å². The zero-order valence-electron chi connectivity index (χ0n) is 10.8. The number of aromatic nitrogens is 1. The third-order valence-electron chi connectivity index (χ3n) is 2.93. The van der Waals surface area contributed by atoms with Crippen LogP contribution < -0.4 is 5.32 Å². The Morgan fingerprint density at radius 3 is 2.75 bits per heavy atom. The van der Waals surface area contributed by atoms with Gasteiger partial charge in [-0.2, -0.15) is 0 Å². The Morgan fingerprint density at radius 1 is 1.25 bits per heavy atom. The van der Waals surface area contributed by atoms with Crippen LogP contribution in [0.3, 0.4) is 0 Å². The Morgan fingerprint density at radius 2 is 2.15 bits per heavy atom. The van der Waals surface area contributed by atoms with Crippen molar-refractivity contribution in [3.8, 4) is 0 Å². The van der Waals surface area contributed by atoms with Gasteiger partial charge in [0, 0.05) is 10.6 Å². The van der Waals surface area contributed by atoms with E-state index in [0.717, 1.165) is 26.4 Å². The molecule has 5 heteroatoms. The summed E-state index contributed by atoms with van der Waals surface area (Å²) in [4.78, 5) is 5.40. The highest BCUT2D eigenvalue weighted by atomic mass is 35.5. The largest absolute Gasteiger partial charge is 0.467 e. The van der Waals surface area contributed by atoms with E-state index in [1.165, 1.54) is 11.3 Å². The molecule has 0 bridgehead atoms. The smallest absolute Gasteiger partial charge is 0.131 e. The van der Waals surface area contributed by atoms with Crippen molar-refractivity contribution in [3.05, 3.63) is 69.5 Å². The van der Waals surface area contributed by atoms with E-state index >= 15 is 0 Å². The maximum absolute atomic E-state index is 6.04. The number of nitrogens with zero attached hydrogens (tertiary/aromatic N) is 1. The van der Waals surface area contributed by atoms with Crippen LogP contribution in [0.25, 0.3) is 0 Å². The first-order chi connectivity index (χ1) is 9.72. The number of anilines is 1. The molecule has 1 unspecified atom stereocenters. The van der Waals surface area contributed by atoms with Gasteiger partial charge in [-0.1, -0.05) is 11.6 Å². The lowest BCUT2D eigenvalue weighted by Crippen LogP contribution is -2.10. The molecule has 3 heterocycles. The van der Waals surface area contributed by atoms with Crippen molar-refractivity contribution in [2.45, 2.75) is 13.0 Å². The number of rotatable bonds is 4. The van der Waals surface area contributed by atoms with Crippen LogP contribution >= 0.6 is 22.9 Å². The number of aryl methyl sites for hydroxylation is 1. The van der Waals surface area contributed by atoms with Crippen LogP contribution in [0.5, 0.6) is 0 Å². The van der Waals surface area contributed by atoms with E-state index in [-0.39, 0.29) is 6.04 Å². The van der Waals surface area contributed by atoms with E-state index < -0.39 is 0 Å². The van der Waals surface area contributed by atoms with E-state index in [2.05, 4.69) is 10.3 Å². The summed E-state index contributed by atoms with van der Waals surface area (Å²) in [5.74, 6) is 0.851. The van der Waals surface area contributed by atoms with E-state index in [0.29, 0.717) is 0 Å². The molecule has 1 atom stereocenters. The zero-order chi connectivity index (χ0) is 13.9. The summed E-state index contributed by atoms with van der Waals surface area (Å²) in [6.07, 6.45) is 3.49. The molecule has 0 aliphatic carbocycles. The molecule has 3 rings (SSSR count). The maximum atomic E-state index is 6.04. The molecule has 0 spiro atoms. The van der Waals surface area contributed by atoms with Crippen molar-refractivity contribution in [2.75, 3.05) is 5.32 Å². The highest BCUT2D eigenvalue weighted by Gasteiger charge is 2.18. The Bertz CT molecular complexity index is 676. The molecule has 0 aliphatic heterocycles. The third kappa shape index (κ3) is 2.86. The number of halogens is 1. The summed E-state index contributed by atoms with van der Waals surface area (Å²) in [7, 11) is 0. The summed E-state index contributed by atoms with van der Waals surface area (Å²) in [5, 5.41) is 3.43. The third-order valence-corrected chi connectivity index (χ3v) is 4.22. The van der Waals surface area contributed by atoms with Gasteiger partial charge in [0.15, 0.2) is 0 Å². The second-order valence-corrected chi connectivity index (χ2v) is 6.17. The molecule has 0 saturated carbocycles. The van der Waals surface area contributed by atoms with Gasteiger partial charge in [0.05, 0.1) is 22.5 Å². The van der Waals surface area contributed by atoms with Crippen molar-refractivity contribution in [1.29, 1.82) is 0 Å². The molecule has 3 nitrogen and oxygen atoms in total. The molecule has 0 saturated heterocycles. The van der Waals surface area contributed by atoms with Gasteiger partial charge in [-0.05, 0) is 43.3 Å². The highest BCUT2D eigenvalue weighted by Crippen LogP contribution is 2.33. The molecular formula is C15H13ClN2OS. The number of hydrogen-bond acceptors (Lipinski definition) is 4. The zero-order valence-corrected chi connectivity index (χ0v) is 12.4. The lowest BCUT2D eigenvalue weighted by atomic mass is 10.2. The number of furan rings is 1. The van der Waals surface area contributed by atoms with Gasteiger partial charge in [-0.25, -0.2) is 0 Å². The van der Waals surface area contributed by atoms with Gasteiger partial charge in [-0.15, -0.1) is 11.3 Å². The van der Waals surface area contributed by atoms with Crippen molar-refractivity contribution in [1.82, 2.24) is 4.98 Å². The number of hydrogen-bond donors (Lipinski definition) is 1. The average molecular weight is 305 g/mol. The molecule has 3 aromatic heterocycles. The molecule has 1 N–H and O–H groups in total.